The highest BCUT2D eigenvalue weighted by molar-refractivity contribution is 7.89. The Labute approximate surface area is 189 Å². The first kappa shape index (κ1) is 26.2. The molecule has 0 atom stereocenters. The number of amidine groups is 1. The zero-order valence-electron chi connectivity index (χ0n) is 16.4. The van der Waals surface area contributed by atoms with Crippen molar-refractivity contribution >= 4 is 40.7 Å². The van der Waals surface area contributed by atoms with E-state index < -0.39 is 10.0 Å². The van der Waals surface area contributed by atoms with Gasteiger partial charge in [0, 0.05) is 12.1 Å². The second-order valence-corrected chi connectivity index (χ2v) is 8.75. The SMILES string of the molecule is Cl.Cl.N=C(N)c1ccc(O)c(S(=O)(=O)NCCc2ccc(C3CCNCC3)cc2)c1. The molecule has 166 valence electrons. The molecular formula is C20H28Cl2N4O3S. The summed E-state index contributed by atoms with van der Waals surface area (Å²) < 4.78 is 27.5. The van der Waals surface area contributed by atoms with Crippen molar-refractivity contribution in [2.24, 2.45) is 5.73 Å². The second kappa shape index (κ2) is 11.5. The zero-order chi connectivity index (χ0) is 20.1. The lowest BCUT2D eigenvalue weighted by molar-refractivity contribution is 0.458. The molecule has 0 amide bonds. The summed E-state index contributed by atoms with van der Waals surface area (Å²) in [6.07, 6.45) is 2.82. The van der Waals surface area contributed by atoms with E-state index in [4.69, 9.17) is 11.1 Å². The lowest BCUT2D eigenvalue weighted by Crippen LogP contribution is -2.27. The van der Waals surface area contributed by atoms with Crippen LogP contribution in [-0.4, -0.2) is 39.0 Å². The van der Waals surface area contributed by atoms with Gasteiger partial charge in [-0.25, -0.2) is 13.1 Å². The number of benzene rings is 2. The molecule has 6 N–H and O–H groups in total. The van der Waals surface area contributed by atoms with Crippen LogP contribution in [0.1, 0.15) is 35.4 Å². The van der Waals surface area contributed by atoms with Crippen LogP contribution < -0.4 is 15.8 Å². The van der Waals surface area contributed by atoms with Crippen LogP contribution in [0.4, 0.5) is 0 Å². The lowest BCUT2D eigenvalue weighted by Gasteiger charge is -2.23. The first-order valence-electron chi connectivity index (χ1n) is 9.33. The predicted molar refractivity (Wildman–Crippen MR) is 124 cm³/mol. The first-order chi connectivity index (χ1) is 13.4. The van der Waals surface area contributed by atoms with Crippen molar-refractivity contribution in [3.05, 3.63) is 59.2 Å². The number of hydrogen-bond donors (Lipinski definition) is 5. The number of aromatic hydroxyl groups is 1. The largest absolute Gasteiger partial charge is 0.507 e. The van der Waals surface area contributed by atoms with Gasteiger partial charge in [-0.2, -0.15) is 0 Å². The van der Waals surface area contributed by atoms with Crippen molar-refractivity contribution in [1.29, 1.82) is 5.41 Å². The Morgan fingerprint density at radius 1 is 1.13 bits per heavy atom. The van der Waals surface area contributed by atoms with Gasteiger partial charge in [0.2, 0.25) is 10.0 Å². The number of halogens is 2. The Kier molecular flexibility index (Phi) is 10.1. The van der Waals surface area contributed by atoms with E-state index in [0.717, 1.165) is 31.5 Å². The van der Waals surface area contributed by atoms with E-state index in [0.29, 0.717) is 12.3 Å². The van der Waals surface area contributed by atoms with Crippen molar-refractivity contribution in [2.75, 3.05) is 19.6 Å². The third-order valence-corrected chi connectivity index (χ3v) is 6.55. The smallest absolute Gasteiger partial charge is 0.244 e. The Morgan fingerprint density at radius 2 is 1.77 bits per heavy atom. The highest BCUT2D eigenvalue weighted by Crippen LogP contribution is 2.26. The average molecular weight is 475 g/mol. The number of hydrogen-bond acceptors (Lipinski definition) is 5. The van der Waals surface area contributed by atoms with Crippen LogP contribution in [0, 0.1) is 5.41 Å². The second-order valence-electron chi connectivity index (χ2n) is 7.01. The number of sulfonamides is 1. The molecule has 0 spiro atoms. The summed E-state index contributed by atoms with van der Waals surface area (Å²) in [6, 6.07) is 12.2. The molecule has 0 bridgehead atoms. The molecule has 2 aromatic carbocycles. The van der Waals surface area contributed by atoms with Gasteiger partial charge in [0.05, 0.1) is 0 Å². The number of phenolic OH excluding ortho intramolecular Hbond substituents is 1. The summed E-state index contributed by atoms with van der Waals surface area (Å²) in [6.45, 7) is 2.30. The number of nitrogens with two attached hydrogens (primary N) is 1. The molecule has 1 aliphatic rings. The van der Waals surface area contributed by atoms with Crippen molar-refractivity contribution < 1.29 is 13.5 Å². The van der Waals surface area contributed by atoms with E-state index in [1.807, 2.05) is 12.1 Å². The molecule has 10 heteroatoms. The number of piperidine rings is 1. The van der Waals surface area contributed by atoms with E-state index in [2.05, 4.69) is 22.2 Å². The van der Waals surface area contributed by atoms with Crippen LogP contribution >= 0.6 is 24.8 Å². The molecule has 1 aliphatic heterocycles. The maximum atomic E-state index is 12.5. The van der Waals surface area contributed by atoms with Gasteiger partial charge in [0.25, 0.3) is 0 Å². The van der Waals surface area contributed by atoms with Crippen LogP contribution in [0.5, 0.6) is 5.75 Å². The minimum absolute atomic E-state index is 0. The van der Waals surface area contributed by atoms with E-state index in [-0.39, 0.29) is 53.4 Å². The molecule has 1 fully saturated rings. The Balaban J connectivity index is 0.00000225. The van der Waals surface area contributed by atoms with Crippen LogP contribution in [0.3, 0.4) is 0 Å². The van der Waals surface area contributed by atoms with Gasteiger partial charge < -0.3 is 16.2 Å². The molecular weight excluding hydrogens is 447 g/mol. The zero-order valence-corrected chi connectivity index (χ0v) is 18.9. The number of nitrogens with one attached hydrogen (secondary N) is 3. The molecule has 0 aliphatic carbocycles. The van der Waals surface area contributed by atoms with Crippen molar-refractivity contribution in [3.8, 4) is 5.75 Å². The molecule has 0 aromatic heterocycles. The average Bonchev–Trinajstić information content (AvgIpc) is 2.69. The van der Waals surface area contributed by atoms with E-state index in [1.165, 1.54) is 23.8 Å². The number of phenols is 1. The van der Waals surface area contributed by atoms with Crippen LogP contribution in [0.15, 0.2) is 47.4 Å². The van der Waals surface area contributed by atoms with Crippen LogP contribution in [-0.2, 0) is 16.4 Å². The van der Waals surface area contributed by atoms with Crippen LogP contribution in [0.2, 0.25) is 0 Å². The molecule has 0 saturated carbocycles. The van der Waals surface area contributed by atoms with Gasteiger partial charge in [-0.15, -0.1) is 24.8 Å². The molecule has 7 nitrogen and oxygen atoms in total. The quantitative estimate of drug-likeness (QED) is 0.311. The minimum atomic E-state index is -3.90. The van der Waals surface area contributed by atoms with Crippen molar-refractivity contribution in [1.82, 2.24) is 10.0 Å². The lowest BCUT2D eigenvalue weighted by atomic mass is 9.89. The van der Waals surface area contributed by atoms with Gasteiger partial charge in [0.15, 0.2) is 0 Å². The molecule has 2 aromatic rings. The van der Waals surface area contributed by atoms with E-state index in [1.54, 1.807) is 0 Å². The highest BCUT2D eigenvalue weighted by atomic mass is 35.5. The fraction of sp³-hybridized carbons (Fsp3) is 0.350. The van der Waals surface area contributed by atoms with Gasteiger partial charge in [0.1, 0.15) is 16.5 Å². The summed E-state index contributed by atoms with van der Waals surface area (Å²) in [4.78, 5) is -0.276. The Bertz CT molecular complexity index is 947. The van der Waals surface area contributed by atoms with Gasteiger partial charge in [-0.3, -0.25) is 5.41 Å². The number of nitrogen functional groups attached to an aromatic ring is 1. The third-order valence-electron chi connectivity index (χ3n) is 5.06. The van der Waals surface area contributed by atoms with E-state index >= 15 is 0 Å². The van der Waals surface area contributed by atoms with Gasteiger partial charge in [-0.1, -0.05) is 24.3 Å². The highest BCUT2D eigenvalue weighted by Gasteiger charge is 2.19. The topological polar surface area (TPSA) is 128 Å². The monoisotopic (exact) mass is 474 g/mol. The fourth-order valence-electron chi connectivity index (χ4n) is 3.42. The first-order valence-corrected chi connectivity index (χ1v) is 10.8. The summed E-state index contributed by atoms with van der Waals surface area (Å²) >= 11 is 0. The molecule has 0 unspecified atom stereocenters. The Morgan fingerprint density at radius 3 is 2.37 bits per heavy atom. The molecule has 1 heterocycles. The van der Waals surface area contributed by atoms with Crippen molar-refractivity contribution in [3.63, 3.8) is 0 Å². The third kappa shape index (κ3) is 6.58. The summed E-state index contributed by atoms with van der Waals surface area (Å²) in [5, 5.41) is 20.7. The predicted octanol–water partition coefficient (Wildman–Crippen LogP) is 2.51. The Hall–Kier alpha value is -1.84. The molecule has 1 saturated heterocycles. The summed E-state index contributed by atoms with van der Waals surface area (Å²) in [5.41, 5.74) is 8.02. The minimum Gasteiger partial charge on any atom is -0.507 e. The maximum Gasteiger partial charge on any atom is 0.244 e. The van der Waals surface area contributed by atoms with Gasteiger partial charge >= 0.3 is 0 Å². The molecule has 3 rings (SSSR count). The number of rotatable bonds is 7. The van der Waals surface area contributed by atoms with E-state index in [9.17, 15) is 13.5 Å². The fourth-order valence-corrected chi connectivity index (χ4v) is 4.57. The van der Waals surface area contributed by atoms with Crippen LogP contribution in [0.25, 0.3) is 0 Å². The molecule has 0 radical (unpaired) electrons. The van der Waals surface area contributed by atoms with Crippen molar-refractivity contribution in [2.45, 2.75) is 30.1 Å². The normalized spacial score (nSPS) is 14.4. The van der Waals surface area contributed by atoms with Gasteiger partial charge in [-0.05, 0) is 67.6 Å². The summed E-state index contributed by atoms with van der Waals surface area (Å²) in [5.74, 6) is -0.0422. The maximum absolute atomic E-state index is 12.5. The summed E-state index contributed by atoms with van der Waals surface area (Å²) in [7, 11) is -3.90. The molecule has 30 heavy (non-hydrogen) atoms. The standard InChI is InChI=1S/C20H26N4O3S.2ClH/c21-20(22)17-5-6-18(25)19(13-17)28(26,27)24-12-7-14-1-3-15(4-2-14)16-8-10-23-11-9-16;;/h1-6,13,16,23-25H,7-12H2,(H3,21,22);2*1H.